The van der Waals surface area contributed by atoms with Gasteiger partial charge in [-0.1, -0.05) is 23.7 Å². The maximum atomic E-state index is 9.12. The Balaban J connectivity index is 1.59. The number of aromatic nitrogens is 4. The van der Waals surface area contributed by atoms with Gasteiger partial charge in [0, 0.05) is 55.9 Å². The van der Waals surface area contributed by atoms with E-state index in [9.17, 15) is 0 Å². The number of fused-ring (bicyclic) bond motifs is 1. The molecule has 1 fully saturated rings. The summed E-state index contributed by atoms with van der Waals surface area (Å²) in [6.07, 6.45) is 0.642. The smallest absolute Gasteiger partial charge is 0.254 e. The molecule has 8 heteroatoms. The molecule has 0 spiro atoms. The summed E-state index contributed by atoms with van der Waals surface area (Å²) < 4.78 is 1.85. The van der Waals surface area contributed by atoms with E-state index < -0.39 is 0 Å². The Morgan fingerprint density at radius 1 is 1.07 bits per heavy atom. The minimum absolute atomic E-state index is 0.204. The maximum absolute atomic E-state index is 9.12. The molecule has 142 valence electrons. The van der Waals surface area contributed by atoms with E-state index in [0.717, 1.165) is 60.6 Å². The van der Waals surface area contributed by atoms with Crippen LogP contribution in [0.1, 0.15) is 17.1 Å². The lowest BCUT2D eigenvalue weighted by molar-refractivity contribution is 0.188. The summed E-state index contributed by atoms with van der Waals surface area (Å²) in [7, 11) is 0. The van der Waals surface area contributed by atoms with Crippen LogP contribution in [0.15, 0.2) is 30.3 Å². The minimum atomic E-state index is 0.204. The fourth-order valence-corrected chi connectivity index (χ4v) is 3.56. The predicted octanol–water partition coefficient (Wildman–Crippen LogP) is 1.79. The molecule has 7 nitrogen and oxygen atoms in total. The number of rotatable bonds is 5. The van der Waals surface area contributed by atoms with Crippen molar-refractivity contribution in [2.75, 3.05) is 44.2 Å². The number of benzene rings is 1. The van der Waals surface area contributed by atoms with Gasteiger partial charge in [0.15, 0.2) is 5.82 Å². The molecule has 3 aromatic rings. The minimum Gasteiger partial charge on any atom is -0.395 e. The zero-order valence-corrected chi connectivity index (χ0v) is 16.1. The molecule has 1 aliphatic rings. The Labute approximate surface area is 163 Å². The Morgan fingerprint density at radius 3 is 2.52 bits per heavy atom. The first-order valence-corrected chi connectivity index (χ1v) is 9.56. The second kappa shape index (κ2) is 7.80. The van der Waals surface area contributed by atoms with Crippen LogP contribution in [0.5, 0.6) is 0 Å². The molecule has 0 bridgehead atoms. The molecule has 0 radical (unpaired) electrons. The summed E-state index contributed by atoms with van der Waals surface area (Å²) in [6, 6.07) is 9.82. The molecule has 0 amide bonds. The number of hydrogen-bond donors (Lipinski definition) is 1. The molecular formula is C19H23ClN6O. The van der Waals surface area contributed by atoms with Crippen molar-refractivity contribution < 1.29 is 5.11 Å². The number of β-amino-alcohol motifs (C(OH)–C–C–N with tert-alkyl or cyclic N) is 1. The summed E-state index contributed by atoms with van der Waals surface area (Å²) in [4.78, 5) is 13.8. The summed E-state index contributed by atoms with van der Waals surface area (Å²) in [5.74, 6) is 2.40. The van der Waals surface area contributed by atoms with E-state index in [1.165, 1.54) is 0 Å². The Morgan fingerprint density at radius 2 is 1.81 bits per heavy atom. The molecule has 3 heterocycles. The largest absolute Gasteiger partial charge is 0.395 e. The third-order valence-corrected chi connectivity index (χ3v) is 5.11. The Bertz CT molecular complexity index is 918. The van der Waals surface area contributed by atoms with Crippen LogP contribution in [0.2, 0.25) is 5.02 Å². The molecule has 0 atom stereocenters. The van der Waals surface area contributed by atoms with Crippen molar-refractivity contribution in [3.63, 3.8) is 0 Å². The zero-order valence-electron chi connectivity index (χ0n) is 15.3. The van der Waals surface area contributed by atoms with Crippen molar-refractivity contribution in [3.05, 3.63) is 52.4 Å². The predicted molar refractivity (Wildman–Crippen MR) is 106 cm³/mol. The van der Waals surface area contributed by atoms with Crippen LogP contribution in [0, 0.1) is 6.92 Å². The van der Waals surface area contributed by atoms with Crippen LogP contribution in [-0.4, -0.2) is 68.9 Å². The molecule has 1 N–H and O–H groups in total. The van der Waals surface area contributed by atoms with E-state index in [1.807, 2.05) is 35.7 Å². The van der Waals surface area contributed by atoms with Gasteiger partial charge in [-0.3, -0.25) is 4.90 Å². The van der Waals surface area contributed by atoms with Crippen molar-refractivity contribution >= 4 is 23.2 Å². The molecule has 1 aromatic carbocycles. The van der Waals surface area contributed by atoms with E-state index in [1.54, 1.807) is 0 Å². The van der Waals surface area contributed by atoms with Gasteiger partial charge in [0.1, 0.15) is 5.82 Å². The SMILES string of the molecule is Cc1cc(N2CCN(CCO)CC2)n2nc(Cc3ccc(Cl)cc3)nc2n1. The second-order valence-electron chi connectivity index (χ2n) is 6.85. The van der Waals surface area contributed by atoms with Gasteiger partial charge < -0.3 is 10.0 Å². The lowest BCUT2D eigenvalue weighted by Gasteiger charge is -2.35. The second-order valence-corrected chi connectivity index (χ2v) is 7.29. The first-order chi connectivity index (χ1) is 13.1. The van der Waals surface area contributed by atoms with E-state index in [4.69, 9.17) is 21.8 Å². The van der Waals surface area contributed by atoms with E-state index >= 15 is 0 Å². The molecular weight excluding hydrogens is 364 g/mol. The number of aliphatic hydroxyl groups excluding tert-OH is 1. The van der Waals surface area contributed by atoms with Crippen LogP contribution >= 0.6 is 11.6 Å². The molecule has 1 aliphatic heterocycles. The Hall–Kier alpha value is -2.22. The lowest BCUT2D eigenvalue weighted by atomic mass is 10.1. The average Bonchev–Trinajstić information content (AvgIpc) is 3.06. The third-order valence-electron chi connectivity index (χ3n) is 4.85. The monoisotopic (exact) mass is 386 g/mol. The molecule has 4 rings (SSSR count). The van der Waals surface area contributed by atoms with Gasteiger partial charge in [-0.15, -0.1) is 5.10 Å². The van der Waals surface area contributed by atoms with Crippen LogP contribution < -0.4 is 4.90 Å². The highest BCUT2D eigenvalue weighted by Gasteiger charge is 2.20. The number of piperazine rings is 1. The molecule has 0 aliphatic carbocycles. The standard InChI is InChI=1S/C19H23ClN6O/c1-14-12-18(25-8-6-24(7-9-25)10-11-27)26-19(21-14)22-17(23-26)13-15-2-4-16(20)5-3-15/h2-5,12,27H,6-11,13H2,1H3. The summed E-state index contributed by atoms with van der Waals surface area (Å²) in [5.41, 5.74) is 2.05. The average molecular weight is 387 g/mol. The zero-order chi connectivity index (χ0) is 18.8. The van der Waals surface area contributed by atoms with E-state index in [2.05, 4.69) is 25.8 Å². The summed E-state index contributed by atoms with van der Waals surface area (Å²) in [6.45, 7) is 6.56. The van der Waals surface area contributed by atoms with Crippen molar-refractivity contribution in [3.8, 4) is 0 Å². The first kappa shape index (κ1) is 18.2. The quantitative estimate of drug-likeness (QED) is 0.721. The number of anilines is 1. The van der Waals surface area contributed by atoms with Crippen LogP contribution in [0.25, 0.3) is 5.78 Å². The number of halogens is 1. The van der Waals surface area contributed by atoms with Gasteiger partial charge in [0.05, 0.1) is 6.61 Å². The van der Waals surface area contributed by atoms with Gasteiger partial charge in [0.2, 0.25) is 0 Å². The highest BCUT2D eigenvalue weighted by molar-refractivity contribution is 6.30. The van der Waals surface area contributed by atoms with Crippen molar-refractivity contribution in [1.82, 2.24) is 24.5 Å². The summed E-state index contributed by atoms with van der Waals surface area (Å²) in [5, 5.41) is 14.6. The number of aryl methyl sites for hydroxylation is 1. The van der Waals surface area contributed by atoms with E-state index in [-0.39, 0.29) is 6.61 Å². The van der Waals surface area contributed by atoms with Gasteiger partial charge in [0.25, 0.3) is 5.78 Å². The van der Waals surface area contributed by atoms with Crippen molar-refractivity contribution in [1.29, 1.82) is 0 Å². The highest BCUT2D eigenvalue weighted by atomic mass is 35.5. The number of nitrogens with zero attached hydrogens (tertiary/aromatic N) is 6. The number of aliphatic hydroxyl groups is 1. The molecule has 0 saturated carbocycles. The fourth-order valence-electron chi connectivity index (χ4n) is 3.44. The Kier molecular flexibility index (Phi) is 5.24. The van der Waals surface area contributed by atoms with Crippen molar-refractivity contribution in [2.45, 2.75) is 13.3 Å². The maximum Gasteiger partial charge on any atom is 0.254 e. The highest BCUT2D eigenvalue weighted by Crippen LogP contribution is 2.19. The molecule has 27 heavy (non-hydrogen) atoms. The van der Waals surface area contributed by atoms with Gasteiger partial charge in [-0.05, 0) is 24.6 Å². The summed E-state index contributed by atoms with van der Waals surface area (Å²) >= 11 is 5.96. The first-order valence-electron chi connectivity index (χ1n) is 9.18. The van der Waals surface area contributed by atoms with Crippen LogP contribution in [0.3, 0.4) is 0 Å². The molecule has 1 saturated heterocycles. The fraction of sp³-hybridized carbons (Fsp3) is 0.421. The van der Waals surface area contributed by atoms with Gasteiger partial charge in [-0.2, -0.15) is 9.50 Å². The van der Waals surface area contributed by atoms with Gasteiger partial charge in [-0.25, -0.2) is 4.98 Å². The van der Waals surface area contributed by atoms with Crippen LogP contribution in [0.4, 0.5) is 5.82 Å². The number of hydrogen-bond acceptors (Lipinski definition) is 6. The molecule has 2 aromatic heterocycles. The van der Waals surface area contributed by atoms with E-state index in [0.29, 0.717) is 12.2 Å². The lowest BCUT2D eigenvalue weighted by Crippen LogP contribution is -2.47. The normalized spacial score (nSPS) is 15.6. The van der Waals surface area contributed by atoms with Crippen molar-refractivity contribution in [2.24, 2.45) is 0 Å². The third kappa shape index (κ3) is 4.05. The van der Waals surface area contributed by atoms with Crippen LogP contribution in [-0.2, 0) is 6.42 Å². The molecule has 0 unspecified atom stereocenters. The topological polar surface area (TPSA) is 69.8 Å². The van der Waals surface area contributed by atoms with Gasteiger partial charge >= 0.3 is 0 Å².